The van der Waals surface area contributed by atoms with Crippen molar-refractivity contribution in [2.45, 2.75) is 19.3 Å². The van der Waals surface area contributed by atoms with Gasteiger partial charge in [0.1, 0.15) is 18.2 Å². The van der Waals surface area contributed by atoms with E-state index in [0.717, 1.165) is 32.4 Å². The molecule has 0 aromatic carbocycles. The van der Waals surface area contributed by atoms with E-state index in [4.69, 9.17) is 10.4 Å². The molecule has 1 aliphatic rings. The van der Waals surface area contributed by atoms with Gasteiger partial charge in [-0.15, -0.1) is 0 Å². The highest BCUT2D eigenvalue weighted by molar-refractivity contribution is 5.98. The molecule has 1 amide bonds. The molecule has 1 heterocycles. The Balaban J connectivity index is 2.56. The standard InChI is InChI=1S/C11H15N3O3/c12-6-9(11(17)13-7-10(15)16)8-14-4-2-1-3-5-14/h8H,1-5,7H2,(H,13,17)(H,15,16)/b9-8-. The molecule has 17 heavy (non-hydrogen) atoms. The first-order valence-corrected chi connectivity index (χ1v) is 5.49. The number of hydrogen-bond acceptors (Lipinski definition) is 4. The molecule has 1 fully saturated rings. The van der Waals surface area contributed by atoms with Gasteiger partial charge in [0.05, 0.1) is 0 Å². The third kappa shape index (κ3) is 4.55. The minimum atomic E-state index is -1.13. The van der Waals surface area contributed by atoms with Crippen LogP contribution in [0.2, 0.25) is 0 Å². The summed E-state index contributed by atoms with van der Waals surface area (Å²) in [6, 6.07) is 1.79. The molecular formula is C11H15N3O3. The van der Waals surface area contributed by atoms with Gasteiger partial charge in [-0.1, -0.05) is 0 Å². The van der Waals surface area contributed by atoms with E-state index in [1.54, 1.807) is 6.07 Å². The number of amides is 1. The molecule has 0 aliphatic carbocycles. The molecule has 0 unspecified atom stereocenters. The van der Waals surface area contributed by atoms with Crippen molar-refractivity contribution in [3.63, 3.8) is 0 Å². The van der Waals surface area contributed by atoms with Crippen LogP contribution in [-0.2, 0) is 9.59 Å². The fourth-order valence-electron chi connectivity index (χ4n) is 1.62. The molecule has 0 aromatic heterocycles. The van der Waals surface area contributed by atoms with Gasteiger partial charge in [-0.25, -0.2) is 0 Å². The topological polar surface area (TPSA) is 93.4 Å². The van der Waals surface area contributed by atoms with Crippen LogP contribution in [0.15, 0.2) is 11.8 Å². The summed E-state index contributed by atoms with van der Waals surface area (Å²) in [6.07, 6.45) is 4.77. The summed E-state index contributed by atoms with van der Waals surface area (Å²) in [7, 11) is 0. The van der Waals surface area contributed by atoms with E-state index < -0.39 is 18.4 Å². The lowest BCUT2D eigenvalue weighted by molar-refractivity contribution is -0.137. The van der Waals surface area contributed by atoms with Gasteiger partial charge in [-0.05, 0) is 19.3 Å². The number of likely N-dealkylation sites (tertiary alicyclic amines) is 1. The van der Waals surface area contributed by atoms with Crippen molar-refractivity contribution < 1.29 is 14.7 Å². The molecule has 6 nitrogen and oxygen atoms in total. The van der Waals surface area contributed by atoms with E-state index in [1.165, 1.54) is 6.20 Å². The fraction of sp³-hybridized carbons (Fsp3) is 0.545. The molecule has 6 heteroatoms. The molecule has 0 aromatic rings. The van der Waals surface area contributed by atoms with Crippen LogP contribution < -0.4 is 5.32 Å². The van der Waals surface area contributed by atoms with Gasteiger partial charge in [0, 0.05) is 19.3 Å². The van der Waals surface area contributed by atoms with E-state index >= 15 is 0 Å². The summed E-state index contributed by atoms with van der Waals surface area (Å²) in [4.78, 5) is 23.7. The number of piperidine rings is 1. The van der Waals surface area contributed by atoms with Gasteiger partial charge in [0.15, 0.2) is 0 Å². The van der Waals surface area contributed by atoms with Crippen molar-refractivity contribution in [1.82, 2.24) is 10.2 Å². The van der Waals surface area contributed by atoms with Gasteiger partial charge < -0.3 is 15.3 Å². The molecule has 0 radical (unpaired) electrons. The Hall–Kier alpha value is -2.03. The summed E-state index contributed by atoms with van der Waals surface area (Å²) in [5.74, 6) is -1.77. The molecule has 1 aliphatic heterocycles. The first-order valence-electron chi connectivity index (χ1n) is 5.49. The minimum absolute atomic E-state index is 0.0480. The Morgan fingerprint density at radius 2 is 2.00 bits per heavy atom. The third-order valence-corrected chi connectivity index (χ3v) is 2.47. The average molecular weight is 237 g/mol. The number of carboxylic acids is 1. The lowest BCUT2D eigenvalue weighted by Gasteiger charge is -2.25. The second kappa shape index (κ2) is 6.53. The number of nitrogens with zero attached hydrogens (tertiary/aromatic N) is 2. The number of carboxylic acid groups (broad SMARTS) is 1. The Labute approximate surface area is 99.5 Å². The number of carbonyl (C=O) groups is 2. The van der Waals surface area contributed by atoms with Crippen LogP contribution in [0.5, 0.6) is 0 Å². The highest BCUT2D eigenvalue weighted by Crippen LogP contribution is 2.10. The normalized spacial score (nSPS) is 16.2. The first kappa shape index (κ1) is 13.0. The molecule has 0 saturated carbocycles. The predicted octanol–water partition coefficient (Wildman–Crippen LogP) is 0.0806. The quantitative estimate of drug-likeness (QED) is 0.533. The second-order valence-electron chi connectivity index (χ2n) is 3.83. The second-order valence-corrected chi connectivity index (χ2v) is 3.83. The largest absolute Gasteiger partial charge is 0.480 e. The zero-order valence-corrected chi connectivity index (χ0v) is 9.48. The average Bonchev–Trinajstić information content (AvgIpc) is 2.34. The highest BCUT2D eigenvalue weighted by atomic mass is 16.4. The third-order valence-electron chi connectivity index (χ3n) is 2.47. The first-order chi connectivity index (χ1) is 8.13. The van der Waals surface area contributed by atoms with Crippen LogP contribution in [0, 0.1) is 11.3 Å². The predicted molar refractivity (Wildman–Crippen MR) is 59.8 cm³/mol. The van der Waals surface area contributed by atoms with Crippen LogP contribution in [0.1, 0.15) is 19.3 Å². The maximum absolute atomic E-state index is 11.5. The van der Waals surface area contributed by atoms with Crippen LogP contribution >= 0.6 is 0 Å². The monoisotopic (exact) mass is 237 g/mol. The van der Waals surface area contributed by atoms with Gasteiger partial charge in [-0.2, -0.15) is 5.26 Å². The van der Waals surface area contributed by atoms with E-state index in [2.05, 4.69) is 5.32 Å². The smallest absolute Gasteiger partial charge is 0.322 e. The molecule has 0 spiro atoms. The van der Waals surface area contributed by atoms with E-state index in [9.17, 15) is 9.59 Å². The Morgan fingerprint density at radius 1 is 1.35 bits per heavy atom. The zero-order chi connectivity index (χ0) is 12.7. The summed E-state index contributed by atoms with van der Waals surface area (Å²) < 4.78 is 0. The molecular weight excluding hydrogens is 222 g/mol. The van der Waals surface area contributed by atoms with E-state index in [0.29, 0.717) is 0 Å². The minimum Gasteiger partial charge on any atom is -0.480 e. The van der Waals surface area contributed by atoms with Crippen LogP contribution in [0.4, 0.5) is 0 Å². The molecule has 1 rings (SSSR count). The van der Waals surface area contributed by atoms with Gasteiger partial charge in [0.25, 0.3) is 5.91 Å². The summed E-state index contributed by atoms with van der Waals surface area (Å²) >= 11 is 0. The lowest BCUT2D eigenvalue weighted by Crippen LogP contribution is -2.32. The fourth-order valence-corrected chi connectivity index (χ4v) is 1.62. The molecule has 2 N–H and O–H groups in total. The van der Waals surface area contributed by atoms with Gasteiger partial charge in [0.2, 0.25) is 0 Å². The zero-order valence-electron chi connectivity index (χ0n) is 9.48. The number of nitrogens with one attached hydrogen (secondary N) is 1. The van der Waals surface area contributed by atoms with E-state index in [-0.39, 0.29) is 5.57 Å². The van der Waals surface area contributed by atoms with Gasteiger partial charge in [-0.3, -0.25) is 9.59 Å². The Morgan fingerprint density at radius 3 is 2.53 bits per heavy atom. The van der Waals surface area contributed by atoms with Crippen LogP contribution in [0.25, 0.3) is 0 Å². The number of hydrogen-bond donors (Lipinski definition) is 2. The summed E-state index contributed by atoms with van der Waals surface area (Å²) in [6.45, 7) is 1.19. The van der Waals surface area contributed by atoms with Crippen LogP contribution in [-0.4, -0.2) is 41.5 Å². The molecule has 92 valence electrons. The van der Waals surface area contributed by atoms with Crippen molar-refractivity contribution >= 4 is 11.9 Å². The van der Waals surface area contributed by atoms with Crippen molar-refractivity contribution in [3.05, 3.63) is 11.8 Å². The van der Waals surface area contributed by atoms with E-state index in [1.807, 2.05) is 4.90 Å². The van der Waals surface area contributed by atoms with Crippen molar-refractivity contribution in [3.8, 4) is 6.07 Å². The Kier molecular flexibility index (Phi) is 5.01. The highest BCUT2D eigenvalue weighted by Gasteiger charge is 2.13. The maximum atomic E-state index is 11.5. The summed E-state index contributed by atoms with van der Waals surface area (Å²) in [5, 5.41) is 19.4. The van der Waals surface area contributed by atoms with Crippen molar-refractivity contribution in [1.29, 1.82) is 5.26 Å². The van der Waals surface area contributed by atoms with Gasteiger partial charge >= 0.3 is 5.97 Å². The summed E-state index contributed by atoms with van der Waals surface area (Å²) in [5.41, 5.74) is -0.0480. The maximum Gasteiger partial charge on any atom is 0.322 e. The van der Waals surface area contributed by atoms with Crippen molar-refractivity contribution in [2.24, 2.45) is 0 Å². The lowest BCUT2D eigenvalue weighted by atomic mass is 10.1. The number of aliphatic carboxylic acids is 1. The number of rotatable bonds is 4. The molecule has 1 saturated heterocycles. The Bertz CT molecular complexity index is 365. The molecule has 0 bridgehead atoms. The number of nitriles is 1. The SMILES string of the molecule is N#C/C(=C/N1CCCCC1)C(=O)NCC(=O)O. The molecule has 0 atom stereocenters. The van der Waals surface area contributed by atoms with Crippen molar-refractivity contribution in [2.75, 3.05) is 19.6 Å². The number of carbonyl (C=O) groups excluding carboxylic acids is 1. The van der Waals surface area contributed by atoms with Crippen LogP contribution in [0.3, 0.4) is 0 Å².